The van der Waals surface area contributed by atoms with Gasteiger partial charge in [-0.05, 0) is 0 Å². The van der Waals surface area contributed by atoms with E-state index in [9.17, 15) is 0 Å². The van der Waals surface area contributed by atoms with Crippen LogP contribution >= 0.6 is 0 Å². The molecule has 1 atom stereocenters. The number of hydrogen-bond donors (Lipinski definition) is 2. The Labute approximate surface area is 112 Å². The van der Waals surface area contributed by atoms with Gasteiger partial charge in [-0.1, -0.05) is 30.3 Å². The van der Waals surface area contributed by atoms with Crippen LogP contribution in [0, 0.1) is 0 Å². The number of halogens is 1. The molecule has 0 saturated carbocycles. The van der Waals surface area contributed by atoms with Crippen molar-refractivity contribution in [3.63, 3.8) is 0 Å². The molecule has 2 aromatic rings. The molecule has 17 heavy (non-hydrogen) atoms. The fourth-order valence-corrected chi connectivity index (χ4v) is 1.76. The maximum Gasteiger partial charge on any atom is 0.195 e. The van der Waals surface area contributed by atoms with Gasteiger partial charge in [0.05, 0.1) is 6.54 Å². The summed E-state index contributed by atoms with van der Waals surface area (Å²) in [7, 11) is 0. The Hall–Kier alpha value is -1.39. The highest BCUT2D eigenvalue weighted by molar-refractivity contribution is 5.32. The minimum Gasteiger partial charge on any atom is -1.00 e. The van der Waals surface area contributed by atoms with E-state index in [4.69, 9.17) is 11.5 Å². The van der Waals surface area contributed by atoms with Gasteiger partial charge in [0.15, 0.2) is 18.4 Å². The first-order valence-corrected chi connectivity index (χ1v) is 5.32. The maximum absolute atomic E-state index is 5.82. The van der Waals surface area contributed by atoms with Gasteiger partial charge < -0.3 is 28.4 Å². The molecule has 2 rings (SSSR count). The standard InChI is InChI=1S/C13H15N3.BrH/c14-10-13(11-4-2-1-3-5-11)16-8-6-12(15)7-9-16;/h1-9,13,15H,10,14H2;1H. The van der Waals surface area contributed by atoms with E-state index in [1.54, 1.807) is 0 Å². The molecule has 1 heterocycles. The lowest BCUT2D eigenvalue weighted by molar-refractivity contribution is -0.711. The molecular weight excluding hydrogens is 278 g/mol. The van der Waals surface area contributed by atoms with Gasteiger partial charge in [-0.15, -0.1) is 0 Å². The second-order valence-corrected chi connectivity index (χ2v) is 3.74. The highest BCUT2D eigenvalue weighted by Crippen LogP contribution is 2.10. The number of anilines is 1. The molecule has 4 heteroatoms. The molecule has 1 aromatic carbocycles. The van der Waals surface area contributed by atoms with Crippen molar-refractivity contribution in [3.8, 4) is 0 Å². The molecule has 0 aliphatic carbocycles. The van der Waals surface area contributed by atoms with E-state index in [1.165, 1.54) is 5.56 Å². The predicted octanol–water partition coefficient (Wildman–Crippen LogP) is -1.89. The van der Waals surface area contributed by atoms with Crippen molar-refractivity contribution in [2.75, 3.05) is 12.3 Å². The molecular formula is C13H16BrN3. The largest absolute Gasteiger partial charge is 1.00 e. The van der Waals surface area contributed by atoms with Crippen LogP contribution in [0.3, 0.4) is 0 Å². The Morgan fingerprint density at radius 2 is 1.59 bits per heavy atom. The lowest BCUT2D eigenvalue weighted by Crippen LogP contribution is -3.00. The highest BCUT2D eigenvalue weighted by Gasteiger charge is 2.17. The van der Waals surface area contributed by atoms with Gasteiger partial charge >= 0.3 is 0 Å². The molecule has 0 bridgehead atoms. The second-order valence-electron chi connectivity index (χ2n) is 3.74. The minimum atomic E-state index is 0. The molecule has 1 unspecified atom stereocenters. The van der Waals surface area contributed by atoms with Gasteiger partial charge in [0.2, 0.25) is 0 Å². The highest BCUT2D eigenvalue weighted by atomic mass is 79.9. The average molecular weight is 294 g/mol. The zero-order chi connectivity index (χ0) is 11.4. The number of pyridine rings is 1. The number of nitrogen functional groups attached to an aromatic ring is 1. The first-order valence-electron chi connectivity index (χ1n) is 5.32. The normalized spacial score (nSPS) is 11.6. The fraction of sp³-hybridized carbons (Fsp3) is 0.154. The zero-order valence-electron chi connectivity index (χ0n) is 9.46. The van der Waals surface area contributed by atoms with E-state index >= 15 is 0 Å². The third-order valence-electron chi connectivity index (χ3n) is 2.65. The van der Waals surface area contributed by atoms with Crippen LogP contribution in [0.1, 0.15) is 11.6 Å². The lowest BCUT2D eigenvalue weighted by atomic mass is 10.1. The molecule has 3 nitrogen and oxygen atoms in total. The number of nitrogens with two attached hydrogens (primary N) is 2. The van der Waals surface area contributed by atoms with Crippen LogP contribution in [0.5, 0.6) is 0 Å². The summed E-state index contributed by atoms with van der Waals surface area (Å²) in [6.45, 7) is 0.568. The molecule has 0 fully saturated rings. The summed E-state index contributed by atoms with van der Waals surface area (Å²) >= 11 is 0. The molecule has 0 saturated heterocycles. The summed E-state index contributed by atoms with van der Waals surface area (Å²) in [5, 5.41) is 0. The van der Waals surface area contributed by atoms with Crippen LogP contribution in [0.15, 0.2) is 54.9 Å². The summed E-state index contributed by atoms with van der Waals surface area (Å²) in [5.41, 5.74) is 13.5. The number of hydrogen-bond acceptors (Lipinski definition) is 2. The number of aromatic nitrogens is 1. The van der Waals surface area contributed by atoms with Crippen LogP contribution in [0.2, 0.25) is 0 Å². The van der Waals surface area contributed by atoms with Crippen molar-refractivity contribution in [2.24, 2.45) is 5.73 Å². The van der Waals surface area contributed by atoms with E-state index in [-0.39, 0.29) is 23.0 Å². The fourth-order valence-electron chi connectivity index (χ4n) is 1.76. The molecule has 4 N–H and O–H groups in total. The van der Waals surface area contributed by atoms with E-state index in [0.29, 0.717) is 6.54 Å². The van der Waals surface area contributed by atoms with Gasteiger partial charge in [-0.3, -0.25) is 0 Å². The summed E-state index contributed by atoms with van der Waals surface area (Å²) in [6, 6.07) is 14.1. The van der Waals surface area contributed by atoms with Crippen molar-refractivity contribution in [2.45, 2.75) is 6.04 Å². The van der Waals surface area contributed by atoms with Crippen molar-refractivity contribution < 1.29 is 21.5 Å². The van der Waals surface area contributed by atoms with Gasteiger partial charge in [0.1, 0.15) is 0 Å². The Kier molecular flexibility index (Phi) is 5.12. The first-order chi connectivity index (χ1) is 7.81. The van der Waals surface area contributed by atoms with Crippen LogP contribution in [-0.2, 0) is 0 Å². The van der Waals surface area contributed by atoms with Crippen LogP contribution in [0.25, 0.3) is 0 Å². The average Bonchev–Trinajstić information content (AvgIpc) is 2.34. The predicted molar refractivity (Wildman–Crippen MR) is 64.7 cm³/mol. The monoisotopic (exact) mass is 293 g/mol. The number of rotatable bonds is 3. The van der Waals surface area contributed by atoms with Crippen molar-refractivity contribution in [1.82, 2.24) is 0 Å². The minimum absolute atomic E-state index is 0. The third kappa shape index (κ3) is 3.28. The maximum atomic E-state index is 5.82. The summed E-state index contributed by atoms with van der Waals surface area (Å²) in [6.07, 6.45) is 3.92. The molecule has 0 aliphatic heterocycles. The summed E-state index contributed by atoms with van der Waals surface area (Å²) in [5.74, 6) is 0. The summed E-state index contributed by atoms with van der Waals surface area (Å²) < 4.78 is 2.08. The molecule has 0 radical (unpaired) electrons. The van der Waals surface area contributed by atoms with Crippen molar-refractivity contribution in [1.29, 1.82) is 0 Å². The van der Waals surface area contributed by atoms with Gasteiger partial charge in [0, 0.05) is 23.4 Å². The third-order valence-corrected chi connectivity index (χ3v) is 2.65. The van der Waals surface area contributed by atoms with E-state index in [2.05, 4.69) is 16.7 Å². The van der Waals surface area contributed by atoms with E-state index in [0.717, 1.165) is 5.69 Å². The molecule has 0 amide bonds. The Bertz CT molecular complexity index is 442. The Morgan fingerprint density at radius 3 is 2.12 bits per heavy atom. The van der Waals surface area contributed by atoms with Crippen molar-refractivity contribution in [3.05, 3.63) is 60.4 Å². The van der Waals surface area contributed by atoms with Gasteiger partial charge in [-0.2, -0.15) is 4.57 Å². The van der Waals surface area contributed by atoms with Crippen LogP contribution in [0.4, 0.5) is 5.69 Å². The van der Waals surface area contributed by atoms with E-state index < -0.39 is 0 Å². The molecule has 0 aliphatic rings. The van der Waals surface area contributed by atoms with Gasteiger partial charge in [0.25, 0.3) is 0 Å². The van der Waals surface area contributed by atoms with Crippen LogP contribution in [-0.4, -0.2) is 6.54 Å². The quantitative estimate of drug-likeness (QED) is 0.650. The SMILES string of the molecule is NCC(c1ccccc1)[n+]1ccc(N)cc1.[Br-]. The van der Waals surface area contributed by atoms with Gasteiger partial charge in [-0.25, -0.2) is 0 Å². The first kappa shape index (κ1) is 13.7. The number of nitrogens with zero attached hydrogens (tertiary/aromatic N) is 1. The topological polar surface area (TPSA) is 55.9 Å². The summed E-state index contributed by atoms with van der Waals surface area (Å²) in [4.78, 5) is 0. The lowest BCUT2D eigenvalue weighted by Gasteiger charge is -2.10. The van der Waals surface area contributed by atoms with Crippen LogP contribution < -0.4 is 33.0 Å². The van der Waals surface area contributed by atoms with E-state index in [1.807, 2.05) is 42.7 Å². The smallest absolute Gasteiger partial charge is 0.195 e. The Balaban J connectivity index is 0.00000144. The second kappa shape index (κ2) is 6.37. The number of benzene rings is 1. The van der Waals surface area contributed by atoms with Crippen molar-refractivity contribution >= 4 is 5.69 Å². The zero-order valence-corrected chi connectivity index (χ0v) is 11.0. The Morgan fingerprint density at radius 1 is 1.00 bits per heavy atom. The molecule has 1 aromatic heterocycles. The molecule has 90 valence electrons. The molecule has 0 spiro atoms.